The van der Waals surface area contributed by atoms with Crippen molar-refractivity contribution in [2.45, 2.75) is 77.0 Å². The van der Waals surface area contributed by atoms with Crippen LogP contribution in [0.1, 0.15) is 68.8 Å². The van der Waals surface area contributed by atoms with Gasteiger partial charge in [-0.05, 0) is 64.8 Å². The van der Waals surface area contributed by atoms with E-state index in [1.165, 1.54) is 0 Å². The number of benzene rings is 2. The summed E-state index contributed by atoms with van der Waals surface area (Å²) in [6.07, 6.45) is 5.19. The van der Waals surface area contributed by atoms with E-state index in [1.807, 2.05) is 36.4 Å². The number of Topliss-reactive ketones (excluding diaryl/α,β-unsaturated/α-hetero) is 1. The Hall–Kier alpha value is -3.52. The fourth-order valence-electron chi connectivity index (χ4n) is 5.01. The Labute approximate surface area is 238 Å². The first-order valence-electron chi connectivity index (χ1n) is 14.1. The van der Waals surface area contributed by atoms with Gasteiger partial charge < -0.3 is 15.0 Å². The molecule has 216 valence electrons. The molecule has 1 atom stereocenters. The first-order valence-corrected chi connectivity index (χ1v) is 14.1. The molecule has 0 saturated heterocycles. The molecule has 1 saturated carbocycles. The van der Waals surface area contributed by atoms with Crippen LogP contribution < -0.4 is 5.32 Å². The zero-order chi connectivity index (χ0) is 29.1. The van der Waals surface area contributed by atoms with Crippen LogP contribution in [0, 0.1) is 0 Å². The third kappa shape index (κ3) is 10.2. The minimum absolute atomic E-state index is 0.0181. The molecule has 0 bridgehead atoms. The number of likely N-dealkylation sites (N-methyl/N-ethyl adjacent to an activating group) is 1. The molecule has 2 aromatic rings. The molecule has 0 aromatic heterocycles. The number of amides is 2. The van der Waals surface area contributed by atoms with Crippen LogP contribution in [0.5, 0.6) is 0 Å². The summed E-state index contributed by atoms with van der Waals surface area (Å²) >= 11 is 0. The largest absolute Gasteiger partial charge is 0.459 e. The Morgan fingerprint density at radius 2 is 1.48 bits per heavy atom. The molecular weight excluding hydrogens is 506 g/mol. The highest BCUT2D eigenvalue weighted by atomic mass is 16.6. The monoisotopic (exact) mass is 549 g/mol. The van der Waals surface area contributed by atoms with Gasteiger partial charge in [-0.15, -0.1) is 0 Å². The van der Waals surface area contributed by atoms with Gasteiger partial charge in [0.25, 0.3) is 5.91 Å². The van der Waals surface area contributed by atoms with Crippen LogP contribution in [-0.4, -0.2) is 77.7 Å². The van der Waals surface area contributed by atoms with E-state index in [4.69, 9.17) is 4.74 Å². The van der Waals surface area contributed by atoms with E-state index in [2.05, 4.69) is 5.32 Å². The summed E-state index contributed by atoms with van der Waals surface area (Å²) in [5.74, 6) is -1.16. The van der Waals surface area contributed by atoms with E-state index in [0.29, 0.717) is 12.0 Å². The maximum Gasteiger partial charge on any atom is 0.326 e. The fourth-order valence-corrected chi connectivity index (χ4v) is 5.01. The molecule has 1 aliphatic carbocycles. The van der Waals surface area contributed by atoms with Crippen molar-refractivity contribution < 1.29 is 23.9 Å². The minimum atomic E-state index is -0.760. The number of hydrogen-bond donors (Lipinski definition) is 1. The van der Waals surface area contributed by atoms with Crippen LogP contribution in [0.3, 0.4) is 0 Å². The second kappa shape index (κ2) is 14.7. The number of nitrogens with zero attached hydrogens (tertiary/aromatic N) is 2. The quantitative estimate of drug-likeness (QED) is 0.402. The van der Waals surface area contributed by atoms with Crippen molar-refractivity contribution in [2.24, 2.45) is 0 Å². The Bertz CT molecular complexity index is 1120. The molecule has 0 radical (unpaired) electrons. The Kier molecular flexibility index (Phi) is 11.4. The zero-order valence-corrected chi connectivity index (χ0v) is 24.2. The highest BCUT2D eigenvalue weighted by Crippen LogP contribution is 2.23. The third-order valence-corrected chi connectivity index (χ3v) is 6.90. The molecule has 1 N–H and O–H groups in total. The summed E-state index contributed by atoms with van der Waals surface area (Å²) in [4.78, 5) is 55.7. The molecular formula is C32H43N3O5. The Balaban J connectivity index is 1.68. The average Bonchev–Trinajstić information content (AvgIpc) is 2.91. The predicted octanol–water partition coefficient (Wildman–Crippen LogP) is 4.03. The van der Waals surface area contributed by atoms with Gasteiger partial charge in [0.1, 0.15) is 12.1 Å². The van der Waals surface area contributed by atoms with Crippen LogP contribution in [0.25, 0.3) is 0 Å². The van der Waals surface area contributed by atoms with E-state index >= 15 is 0 Å². The number of ketones is 1. The lowest BCUT2D eigenvalue weighted by molar-refractivity contribution is -0.160. The number of rotatable bonds is 12. The van der Waals surface area contributed by atoms with Gasteiger partial charge in [-0.25, -0.2) is 0 Å². The van der Waals surface area contributed by atoms with Gasteiger partial charge in [0.15, 0.2) is 5.78 Å². The minimum Gasteiger partial charge on any atom is -0.459 e. The molecule has 2 amide bonds. The van der Waals surface area contributed by atoms with E-state index in [0.717, 1.165) is 37.7 Å². The molecule has 1 unspecified atom stereocenters. The van der Waals surface area contributed by atoms with E-state index in [-0.39, 0.29) is 43.3 Å². The van der Waals surface area contributed by atoms with Gasteiger partial charge in [0, 0.05) is 11.6 Å². The molecule has 3 rings (SSSR count). The van der Waals surface area contributed by atoms with Gasteiger partial charge in [-0.1, -0.05) is 67.8 Å². The van der Waals surface area contributed by atoms with Crippen molar-refractivity contribution in [3.8, 4) is 0 Å². The maximum atomic E-state index is 13.5. The molecule has 0 aliphatic heterocycles. The summed E-state index contributed by atoms with van der Waals surface area (Å²) in [7, 11) is 1.71. The number of carbonyl (C=O) groups is 4. The van der Waals surface area contributed by atoms with Crippen LogP contribution in [0.2, 0.25) is 0 Å². The number of ether oxygens (including phenoxy) is 1. The first-order chi connectivity index (χ1) is 19.0. The van der Waals surface area contributed by atoms with Gasteiger partial charge in [0.05, 0.1) is 19.1 Å². The lowest BCUT2D eigenvalue weighted by Gasteiger charge is -2.35. The van der Waals surface area contributed by atoms with Gasteiger partial charge in [-0.3, -0.25) is 24.1 Å². The van der Waals surface area contributed by atoms with Gasteiger partial charge >= 0.3 is 5.97 Å². The highest BCUT2D eigenvalue weighted by Gasteiger charge is 2.31. The predicted molar refractivity (Wildman–Crippen MR) is 155 cm³/mol. The smallest absolute Gasteiger partial charge is 0.326 e. The topological polar surface area (TPSA) is 96.0 Å². The number of carbonyl (C=O) groups excluding carboxylic acids is 4. The summed E-state index contributed by atoms with van der Waals surface area (Å²) < 4.78 is 5.50. The van der Waals surface area contributed by atoms with Crippen molar-refractivity contribution in [2.75, 3.05) is 26.7 Å². The lowest BCUT2D eigenvalue weighted by atomic mass is 9.94. The van der Waals surface area contributed by atoms with Crippen LogP contribution >= 0.6 is 0 Å². The summed E-state index contributed by atoms with van der Waals surface area (Å²) in [6.45, 7) is 5.27. The third-order valence-electron chi connectivity index (χ3n) is 6.90. The summed E-state index contributed by atoms with van der Waals surface area (Å²) in [6, 6.07) is 17.5. The number of esters is 1. The first kappa shape index (κ1) is 31.0. The second-order valence-corrected chi connectivity index (χ2v) is 11.6. The average molecular weight is 550 g/mol. The van der Waals surface area contributed by atoms with Crippen molar-refractivity contribution in [3.63, 3.8) is 0 Å². The summed E-state index contributed by atoms with van der Waals surface area (Å²) in [5, 5.41) is 2.89. The molecule has 0 heterocycles. The van der Waals surface area contributed by atoms with Crippen molar-refractivity contribution in [1.29, 1.82) is 0 Å². The lowest BCUT2D eigenvalue weighted by Crippen LogP contribution is -2.51. The van der Waals surface area contributed by atoms with Gasteiger partial charge in [-0.2, -0.15) is 0 Å². The second-order valence-electron chi connectivity index (χ2n) is 11.6. The van der Waals surface area contributed by atoms with Crippen molar-refractivity contribution >= 4 is 23.6 Å². The Morgan fingerprint density at radius 3 is 2.08 bits per heavy atom. The van der Waals surface area contributed by atoms with Crippen molar-refractivity contribution in [3.05, 3.63) is 71.8 Å². The van der Waals surface area contributed by atoms with E-state index < -0.39 is 17.6 Å². The van der Waals surface area contributed by atoms with Crippen molar-refractivity contribution in [1.82, 2.24) is 15.1 Å². The summed E-state index contributed by atoms with van der Waals surface area (Å²) in [5.41, 5.74) is 0.760. The zero-order valence-electron chi connectivity index (χ0n) is 24.2. The normalized spacial score (nSPS) is 14.8. The molecule has 2 aromatic carbocycles. The standard InChI is InChI=1S/C32H43N3O5/c1-32(2,3)40-30(38)23-35(26-18-12-7-13-19-26)29(37)22-34(4)21-28(36)27(20-24-14-8-5-9-15-24)33-31(39)25-16-10-6-11-17-25/h5-6,8-11,14-17,26-27H,7,12-13,18-23H2,1-4H3,(H,33,39). The molecule has 1 fully saturated rings. The molecule has 40 heavy (non-hydrogen) atoms. The highest BCUT2D eigenvalue weighted by molar-refractivity contribution is 5.98. The Morgan fingerprint density at radius 1 is 0.875 bits per heavy atom. The van der Waals surface area contributed by atoms with Gasteiger partial charge in [0.2, 0.25) is 5.91 Å². The van der Waals surface area contributed by atoms with E-state index in [1.54, 1.807) is 61.9 Å². The maximum absolute atomic E-state index is 13.5. The van der Waals surface area contributed by atoms with E-state index in [9.17, 15) is 19.2 Å². The molecule has 1 aliphatic rings. The fraction of sp³-hybridized carbons (Fsp3) is 0.500. The SMILES string of the molecule is CN(CC(=O)C(Cc1ccccc1)NC(=O)c1ccccc1)CC(=O)N(CC(=O)OC(C)(C)C)C1CCCCC1. The molecule has 8 heteroatoms. The van der Waals surface area contributed by atoms with Crippen LogP contribution in [-0.2, 0) is 25.5 Å². The van der Waals surface area contributed by atoms with Crippen LogP contribution in [0.15, 0.2) is 60.7 Å². The number of nitrogens with one attached hydrogen (secondary N) is 1. The van der Waals surface area contributed by atoms with Crippen LogP contribution in [0.4, 0.5) is 0 Å². The molecule has 0 spiro atoms. The molecule has 8 nitrogen and oxygen atoms in total. The number of hydrogen-bond acceptors (Lipinski definition) is 6.